The Bertz CT molecular complexity index is 435. The highest BCUT2D eigenvalue weighted by Crippen LogP contribution is 2.35. The molecule has 1 fully saturated rings. The molecule has 1 aliphatic rings. The summed E-state index contributed by atoms with van der Waals surface area (Å²) in [5.74, 6) is 0.0917. The van der Waals surface area contributed by atoms with E-state index in [2.05, 4.69) is 6.92 Å². The van der Waals surface area contributed by atoms with E-state index in [0.717, 1.165) is 19.3 Å². The summed E-state index contributed by atoms with van der Waals surface area (Å²) in [7, 11) is -1.81. The number of hydrogen-bond donors (Lipinski definition) is 0. The van der Waals surface area contributed by atoms with Crippen molar-refractivity contribution >= 4 is 14.0 Å². The highest BCUT2D eigenvalue weighted by molar-refractivity contribution is 7.39. The van der Waals surface area contributed by atoms with Crippen LogP contribution in [-0.4, -0.2) is 24.8 Å². The fourth-order valence-electron chi connectivity index (χ4n) is 4.37. The molecule has 0 aromatic rings. The first-order chi connectivity index (χ1) is 14.1. The topological polar surface area (TPSA) is 52.6 Å². The standard InChI is InChI=1S/C24H46O4P/c1-4-6-7-8-9-10-11-13-16-21(3)28-29(26)20-23(24(25)27-5-2)19-22-17-14-12-15-18-22/h21-23H,4-20H2,1-3H3/q+1. The SMILES string of the molecule is CCCCCCCCCCC(C)O[P+](=O)CC(CC1CCCCC1)C(=O)OCC. The summed E-state index contributed by atoms with van der Waals surface area (Å²) in [6, 6.07) is 0. The fourth-order valence-corrected chi connectivity index (χ4v) is 5.62. The van der Waals surface area contributed by atoms with Crippen molar-refractivity contribution in [1.29, 1.82) is 0 Å². The molecule has 0 aliphatic heterocycles. The van der Waals surface area contributed by atoms with E-state index in [1.165, 1.54) is 77.0 Å². The Balaban J connectivity index is 2.26. The minimum absolute atomic E-state index is 0.00349. The lowest BCUT2D eigenvalue weighted by Gasteiger charge is -2.23. The second-order valence-electron chi connectivity index (χ2n) is 8.88. The molecule has 0 spiro atoms. The van der Waals surface area contributed by atoms with E-state index < -0.39 is 8.03 Å². The molecule has 0 heterocycles. The van der Waals surface area contributed by atoms with Crippen molar-refractivity contribution < 1.29 is 18.6 Å². The first kappa shape index (κ1) is 26.6. The van der Waals surface area contributed by atoms with Gasteiger partial charge in [0.05, 0.1) is 6.61 Å². The van der Waals surface area contributed by atoms with Gasteiger partial charge in [-0.3, -0.25) is 4.79 Å². The summed E-state index contributed by atoms with van der Waals surface area (Å²) in [6.07, 6.45) is 18.5. The highest BCUT2D eigenvalue weighted by atomic mass is 31.1. The summed E-state index contributed by atoms with van der Waals surface area (Å²) in [6.45, 7) is 6.47. The minimum Gasteiger partial charge on any atom is -0.466 e. The number of carbonyl (C=O) groups excluding carboxylic acids is 1. The number of hydrogen-bond acceptors (Lipinski definition) is 4. The third-order valence-electron chi connectivity index (χ3n) is 6.09. The average molecular weight is 430 g/mol. The second kappa shape index (κ2) is 17.2. The highest BCUT2D eigenvalue weighted by Gasteiger charge is 2.35. The second-order valence-corrected chi connectivity index (χ2v) is 10.1. The molecule has 0 aromatic heterocycles. The van der Waals surface area contributed by atoms with E-state index in [9.17, 15) is 9.36 Å². The predicted octanol–water partition coefficient (Wildman–Crippen LogP) is 7.81. The lowest BCUT2D eigenvalue weighted by atomic mass is 9.83. The van der Waals surface area contributed by atoms with Crippen LogP contribution in [0.5, 0.6) is 0 Å². The average Bonchev–Trinajstić information content (AvgIpc) is 2.70. The molecule has 0 amide bonds. The maximum absolute atomic E-state index is 12.6. The Morgan fingerprint density at radius 3 is 2.21 bits per heavy atom. The van der Waals surface area contributed by atoms with Gasteiger partial charge in [-0.05, 0) is 37.2 Å². The van der Waals surface area contributed by atoms with Crippen LogP contribution in [0.3, 0.4) is 0 Å². The van der Waals surface area contributed by atoms with Crippen molar-refractivity contribution in [3.63, 3.8) is 0 Å². The molecule has 1 aliphatic carbocycles. The van der Waals surface area contributed by atoms with Gasteiger partial charge in [-0.1, -0.05) is 90.4 Å². The van der Waals surface area contributed by atoms with E-state index in [1.54, 1.807) is 0 Å². The quantitative estimate of drug-likeness (QED) is 0.134. The van der Waals surface area contributed by atoms with Gasteiger partial charge in [-0.15, -0.1) is 4.52 Å². The Morgan fingerprint density at radius 1 is 0.966 bits per heavy atom. The number of ether oxygens (including phenoxy) is 1. The zero-order valence-corrected chi connectivity index (χ0v) is 20.2. The normalized spacial score (nSPS) is 17.7. The van der Waals surface area contributed by atoms with Gasteiger partial charge >= 0.3 is 14.0 Å². The molecule has 1 rings (SSSR count). The molecule has 1 saturated carbocycles. The van der Waals surface area contributed by atoms with E-state index in [-0.39, 0.29) is 18.0 Å². The van der Waals surface area contributed by atoms with Gasteiger partial charge in [-0.2, -0.15) is 0 Å². The van der Waals surface area contributed by atoms with Crippen LogP contribution in [0.1, 0.15) is 117 Å². The van der Waals surface area contributed by atoms with Gasteiger partial charge in [0.25, 0.3) is 0 Å². The van der Waals surface area contributed by atoms with Gasteiger partial charge in [0, 0.05) is 0 Å². The predicted molar refractivity (Wildman–Crippen MR) is 122 cm³/mol. The first-order valence-electron chi connectivity index (χ1n) is 12.3. The molecule has 170 valence electrons. The molecule has 0 bridgehead atoms. The summed E-state index contributed by atoms with van der Waals surface area (Å²) < 4.78 is 23.6. The van der Waals surface area contributed by atoms with Crippen molar-refractivity contribution in [2.45, 2.75) is 123 Å². The van der Waals surface area contributed by atoms with E-state index in [0.29, 0.717) is 18.7 Å². The van der Waals surface area contributed by atoms with Crippen molar-refractivity contribution in [2.24, 2.45) is 11.8 Å². The van der Waals surface area contributed by atoms with Crippen LogP contribution in [0.4, 0.5) is 0 Å². The van der Waals surface area contributed by atoms with Crippen LogP contribution >= 0.6 is 8.03 Å². The van der Waals surface area contributed by atoms with Crippen molar-refractivity contribution in [3.05, 3.63) is 0 Å². The van der Waals surface area contributed by atoms with Crippen LogP contribution in [-0.2, 0) is 18.6 Å². The van der Waals surface area contributed by atoms with E-state index in [4.69, 9.17) is 9.26 Å². The van der Waals surface area contributed by atoms with Gasteiger partial charge in [0.15, 0.2) is 6.16 Å². The van der Waals surface area contributed by atoms with Crippen LogP contribution < -0.4 is 0 Å². The smallest absolute Gasteiger partial charge is 0.466 e. The molecule has 3 atom stereocenters. The lowest BCUT2D eigenvalue weighted by molar-refractivity contribution is -0.148. The molecule has 0 radical (unpaired) electrons. The van der Waals surface area contributed by atoms with Gasteiger partial charge < -0.3 is 4.74 Å². The van der Waals surface area contributed by atoms with Gasteiger partial charge in [0.1, 0.15) is 12.0 Å². The largest absolute Gasteiger partial charge is 0.509 e. The van der Waals surface area contributed by atoms with Crippen LogP contribution in [0.25, 0.3) is 0 Å². The number of unbranched alkanes of at least 4 members (excludes halogenated alkanes) is 7. The molecule has 4 nitrogen and oxygen atoms in total. The third kappa shape index (κ3) is 13.4. The summed E-state index contributed by atoms with van der Waals surface area (Å²) in [5, 5.41) is 0. The van der Waals surface area contributed by atoms with Crippen LogP contribution in [0, 0.1) is 11.8 Å². The minimum atomic E-state index is -1.81. The Morgan fingerprint density at radius 2 is 1.59 bits per heavy atom. The Kier molecular flexibility index (Phi) is 15.8. The molecule has 0 aromatic carbocycles. The zero-order chi connectivity index (χ0) is 21.3. The third-order valence-corrected chi connectivity index (χ3v) is 7.43. The summed E-state index contributed by atoms with van der Waals surface area (Å²) in [5.41, 5.74) is 0. The number of esters is 1. The summed E-state index contributed by atoms with van der Waals surface area (Å²) in [4.78, 5) is 12.4. The van der Waals surface area contributed by atoms with Gasteiger partial charge in [-0.25, -0.2) is 0 Å². The maximum Gasteiger partial charge on any atom is 0.509 e. The number of rotatable bonds is 17. The van der Waals surface area contributed by atoms with Crippen LogP contribution in [0.15, 0.2) is 0 Å². The van der Waals surface area contributed by atoms with E-state index in [1.807, 2.05) is 13.8 Å². The molecule has 3 unspecified atom stereocenters. The lowest BCUT2D eigenvalue weighted by Crippen LogP contribution is -2.24. The van der Waals surface area contributed by atoms with Gasteiger partial charge in [0.2, 0.25) is 0 Å². The molecule has 5 heteroatoms. The maximum atomic E-state index is 12.6. The molecule has 0 saturated heterocycles. The monoisotopic (exact) mass is 429 g/mol. The molecular formula is C24H46O4P+. The Hall–Kier alpha value is -0.470. The van der Waals surface area contributed by atoms with E-state index >= 15 is 0 Å². The van der Waals surface area contributed by atoms with Crippen molar-refractivity contribution in [1.82, 2.24) is 0 Å². The zero-order valence-electron chi connectivity index (χ0n) is 19.3. The molecule has 29 heavy (non-hydrogen) atoms. The Labute approximate surface area is 180 Å². The van der Waals surface area contributed by atoms with Crippen molar-refractivity contribution in [3.8, 4) is 0 Å². The van der Waals surface area contributed by atoms with Crippen molar-refractivity contribution in [2.75, 3.05) is 12.8 Å². The summed E-state index contributed by atoms with van der Waals surface area (Å²) >= 11 is 0. The first-order valence-corrected chi connectivity index (χ1v) is 13.7. The fraction of sp³-hybridized carbons (Fsp3) is 0.958. The molecular weight excluding hydrogens is 383 g/mol. The van der Waals surface area contributed by atoms with Crippen LogP contribution in [0.2, 0.25) is 0 Å². The number of carbonyl (C=O) groups is 1. The molecule has 0 N–H and O–H groups in total.